The largest absolute Gasteiger partial charge is 0.337 e. The molecule has 0 bridgehead atoms. The van der Waals surface area contributed by atoms with Crippen LogP contribution in [0.4, 0.5) is 10.1 Å². The molecule has 9 heteroatoms. The topological polar surface area (TPSA) is 84.3 Å². The van der Waals surface area contributed by atoms with Crippen molar-refractivity contribution in [2.75, 3.05) is 4.90 Å². The van der Waals surface area contributed by atoms with Crippen molar-refractivity contribution >= 4 is 21.6 Å². The van der Waals surface area contributed by atoms with Crippen LogP contribution in [0.25, 0.3) is 0 Å². The van der Waals surface area contributed by atoms with Crippen LogP contribution in [-0.2, 0) is 33.8 Å². The second-order valence-corrected chi connectivity index (χ2v) is 13.2. The van der Waals surface area contributed by atoms with Crippen molar-refractivity contribution in [3.8, 4) is 0 Å². The molecule has 3 aromatic carbocycles. The van der Waals surface area contributed by atoms with Crippen molar-refractivity contribution in [1.82, 2.24) is 14.3 Å². The first-order valence-electron chi connectivity index (χ1n) is 13.7. The van der Waals surface area contributed by atoms with Gasteiger partial charge in [-0.2, -0.15) is 0 Å². The van der Waals surface area contributed by atoms with E-state index in [9.17, 15) is 17.6 Å². The van der Waals surface area contributed by atoms with E-state index in [1.54, 1.807) is 11.1 Å². The van der Waals surface area contributed by atoms with Gasteiger partial charge in [0.1, 0.15) is 11.6 Å². The Kier molecular flexibility index (Phi) is 7.85. The number of hydrogen-bond acceptors (Lipinski definition) is 4. The molecule has 1 N–H and O–H groups in total. The van der Waals surface area contributed by atoms with Crippen LogP contribution in [0.3, 0.4) is 0 Å². The second-order valence-electron chi connectivity index (χ2n) is 11.4. The third kappa shape index (κ3) is 6.11. The molecule has 41 heavy (non-hydrogen) atoms. The van der Waals surface area contributed by atoms with Crippen molar-refractivity contribution in [1.29, 1.82) is 0 Å². The Balaban J connectivity index is 1.49. The van der Waals surface area contributed by atoms with Crippen LogP contribution in [0.1, 0.15) is 68.1 Å². The Hall–Kier alpha value is -3.82. The van der Waals surface area contributed by atoms with Gasteiger partial charge in [0.05, 0.1) is 11.4 Å². The summed E-state index contributed by atoms with van der Waals surface area (Å²) in [6.07, 6.45) is 4.40. The minimum Gasteiger partial charge on any atom is -0.337 e. The molecule has 1 amide bonds. The number of carbonyl (C=O) groups excluding carboxylic acids is 1. The average molecular weight is 575 g/mol. The number of anilines is 1. The Morgan fingerprint density at radius 1 is 1.12 bits per heavy atom. The highest BCUT2D eigenvalue weighted by Crippen LogP contribution is 2.46. The van der Waals surface area contributed by atoms with Crippen LogP contribution < -0.4 is 9.62 Å². The highest BCUT2D eigenvalue weighted by Gasteiger charge is 2.39. The molecule has 1 aliphatic carbocycles. The molecular formula is C32H35FN4O3S. The van der Waals surface area contributed by atoms with E-state index in [2.05, 4.69) is 23.6 Å². The first-order valence-corrected chi connectivity index (χ1v) is 15.2. The summed E-state index contributed by atoms with van der Waals surface area (Å²) in [5.74, 6) is 0.196. The van der Waals surface area contributed by atoms with Gasteiger partial charge in [0, 0.05) is 37.6 Å². The van der Waals surface area contributed by atoms with Gasteiger partial charge in [-0.25, -0.2) is 22.5 Å². The van der Waals surface area contributed by atoms with Gasteiger partial charge in [0.2, 0.25) is 15.9 Å². The number of rotatable bonds is 9. The zero-order valence-electron chi connectivity index (χ0n) is 23.7. The van der Waals surface area contributed by atoms with Crippen molar-refractivity contribution in [3.05, 3.63) is 114 Å². The maximum Gasteiger partial charge on any atom is 0.241 e. The molecule has 0 radical (unpaired) electrons. The summed E-state index contributed by atoms with van der Waals surface area (Å²) in [7, 11) is -2.01. The van der Waals surface area contributed by atoms with E-state index in [1.807, 2.05) is 73.3 Å². The van der Waals surface area contributed by atoms with Crippen LogP contribution in [0.2, 0.25) is 0 Å². The zero-order valence-corrected chi connectivity index (χ0v) is 24.5. The standard InChI is InChI=1S/C32H35FN4O3S/c1-22(23-8-6-5-7-9-23)18-31(38)37(21-30-34-16-17-36(30)4)25-12-15-28-27(19-25)29(20-32(28,2)3)35-41(39,40)26-13-10-24(33)11-14-26/h5-17,19,22,29,35H,18,20-21H2,1-4H3/t22-,29+/m1/s1. The molecule has 1 aliphatic rings. The number of nitrogens with one attached hydrogen (secondary N) is 1. The first-order chi connectivity index (χ1) is 19.4. The summed E-state index contributed by atoms with van der Waals surface area (Å²) < 4.78 is 44.7. The lowest BCUT2D eigenvalue weighted by Crippen LogP contribution is -2.32. The number of halogens is 1. The molecule has 1 aromatic heterocycles. The van der Waals surface area contributed by atoms with Gasteiger partial charge in [-0.05, 0) is 70.8 Å². The van der Waals surface area contributed by atoms with Crippen molar-refractivity contribution in [3.63, 3.8) is 0 Å². The number of imidazole rings is 1. The number of aromatic nitrogens is 2. The molecule has 0 fully saturated rings. The maximum absolute atomic E-state index is 13.9. The van der Waals surface area contributed by atoms with E-state index in [1.165, 1.54) is 12.1 Å². The molecule has 4 aromatic rings. The lowest BCUT2D eigenvalue weighted by Gasteiger charge is -2.26. The predicted octanol–water partition coefficient (Wildman–Crippen LogP) is 5.99. The van der Waals surface area contributed by atoms with Crippen molar-refractivity contribution in [2.24, 2.45) is 7.05 Å². The second kappa shape index (κ2) is 11.2. The number of fused-ring (bicyclic) bond motifs is 1. The van der Waals surface area contributed by atoms with Gasteiger partial charge in [0.15, 0.2) is 0 Å². The monoisotopic (exact) mass is 574 g/mol. The summed E-state index contributed by atoms with van der Waals surface area (Å²) in [5, 5.41) is 0. The summed E-state index contributed by atoms with van der Waals surface area (Å²) in [4.78, 5) is 20.0. The third-order valence-corrected chi connectivity index (χ3v) is 9.45. The number of benzene rings is 3. The molecule has 5 rings (SSSR count). The number of sulfonamides is 1. The summed E-state index contributed by atoms with van der Waals surface area (Å²) >= 11 is 0. The van der Waals surface area contributed by atoms with Crippen LogP contribution in [0, 0.1) is 5.82 Å². The third-order valence-electron chi connectivity index (χ3n) is 7.96. The fraction of sp³-hybridized carbons (Fsp3) is 0.312. The zero-order chi connectivity index (χ0) is 29.4. The van der Waals surface area contributed by atoms with Gasteiger partial charge in [-0.3, -0.25) is 4.79 Å². The molecule has 0 aliphatic heterocycles. The Bertz CT molecular complexity index is 1650. The molecular weight excluding hydrogens is 539 g/mol. The van der Waals surface area contributed by atoms with E-state index in [0.29, 0.717) is 18.5 Å². The van der Waals surface area contributed by atoms with Gasteiger partial charge in [-0.1, -0.05) is 57.2 Å². The predicted molar refractivity (Wildman–Crippen MR) is 157 cm³/mol. The summed E-state index contributed by atoms with van der Waals surface area (Å²) in [6, 6.07) is 20.1. The quantitative estimate of drug-likeness (QED) is 0.266. The van der Waals surface area contributed by atoms with E-state index < -0.39 is 21.9 Å². The van der Waals surface area contributed by atoms with Gasteiger partial charge < -0.3 is 9.47 Å². The van der Waals surface area contributed by atoms with E-state index in [0.717, 1.165) is 34.6 Å². The van der Waals surface area contributed by atoms with E-state index >= 15 is 0 Å². The first kappa shape index (κ1) is 28.7. The molecule has 0 saturated carbocycles. The minimum absolute atomic E-state index is 0.00259. The highest BCUT2D eigenvalue weighted by molar-refractivity contribution is 7.89. The minimum atomic E-state index is -3.91. The summed E-state index contributed by atoms with van der Waals surface area (Å²) in [5.41, 5.74) is 3.33. The van der Waals surface area contributed by atoms with Crippen molar-refractivity contribution < 1.29 is 17.6 Å². The summed E-state index contributed by atoms with van der Waals surface area (Å²) in [6.45, 7) is 6.47. The molecule has 1 heterocycles. The molecule has 0 unspecified atom stereocenters. The van der Waals surface area contributed by atoms with Gasteiger partial charge in [0.25, 0.3) is 0 Å². The van der Waals surface area contributed by atoms with Crippen LogP contribution in [-0.4, -0.2) is 23.9 Å². The Morgan fingerprint density at radius 2 is 1.83 bits per heavy atom. The van der Waals surface area contributed by atoms with Gasteiger partial charge >= 0.3 is 0 Å². The van der Waals surface area contributed by atoms with Gasteiger partial charge in [-0.15, -0.1) is 0 Å². The molecule has 0 spiro atoms. The van der Waals surface area contributed by atoms with E-state index in [-0.39, 0.29) is 28.7 Å². The number of aryl methyl sites for hydroxylation is 1. The average Bonchev–Trinajstić information content (AvgIpc) is 3.45. The lowest BCUT2D eigenvalue weighted by molar-refractivity contribution is -0.119. The molecule has 0 saturated heterocycles. The fourth-order valence-corrected chi connectivity index (χ4v) is 6.83. The number of nitrogens with zero attached hydrogens (tertiary/aromatic N) is 3. The Labute approximate surface area is 241 Å². The molecule has 214 valence electrons. The number of hydrogen-bond donors (Lipinski definition) is 1. The normalized spacial score (nSPS) is 16.8. The SMILES string of the molecule is C[C@H](CC(=O)N(Cc1nccn1C)c1ccc2c(c1)[C@@H](NS(=O)(=O)c1ccc(F)cc1)CC2(C)C)c1ccccc1. The number of carbonyl (C=O) groups is 1. The smallest absolute Gasteiger partial charge is 0.241 e. The lowest BCUT2D eigenvalue weighted by atomic mass is 9.86. The van der Waals surface area contributed by atoms with Crippen LogP contribution in [0.5, 0.6) is 0 Å². The van der Waals surface area contributed by atoms with E-state index in [4.69, 9.17) is 0 Å². The fourth-order valence-electron chi connectivity index (χ4n) is 5.61. The van der Waals surface area contributed by atoms with Crippen LogP contribution in [0.15, 0.2) is 90.1 Å². The number of amides is 1. The van der Waals surface area contributed by atoms with Crippen LogP contribution >= 0.6 is 0 Å². The maximum atomic E-state index is 13.9. The highest BCUT2D eigenvalue weighted by atomic mass is 32.2. The van der Waals surface area contributed by atoms with Crippen molar-refractivity contribution in [2.45, 2.75) is 62.4 Å². The molecule has 2 atom stereocenters. The Morgan fingerprint density at radius 3 is 2.49 bits per heavy atom. The molecule has 7 nitrogen and oxygen atoms in total.